The third-order valence-electron chi connectivity index (χ3n) is 4.67. The van der Waals surface area contributed by atoms with Crippen LogP contribution in [0.1, 0.15) is 23.3 Å². The van der Waals surface area contributed by atoms with Gasteiger partial charge in [-0.3, -0.25) is 9.78 Å². The average molecular weight is 339 g/mol. The number of pyridine rings is 1. The lowest BCUT2D eigenvalue weighted by Gasteiger charge is -2.37. The molecule has 2 aliphatic heterocycles. The van der Waals surface area contributed by atoms with E-state index in [0.29, 0.717) is 44.8 Å². The summed E-state index contributed by atoms with van der Waals surface area (Å²) in [7, 11) is 0. The standard InChI is InChI=1S/C19H21N3O3/c23-18(22-10-7-19(8-11-22)24-12-13-25-19)17-14-16(6-9-20-17)21-15-4-2-1-3-5-15/h1-6,9,14H,7-8,10-13H2,(H,20,21). The minimum Gasteiger partial charge on any atom is -0.355 e. The molecular formula is C19H21N3O3. The zero-order chi connectivity index (χ0) is 17.1. The number of ether oxygens (including phenoxy) is 2. The van der Waals surface area contributed by atoms with Crippen LogP contribution in [0.4, 0.5) is 11.4 Å². The van der Waals surface area contributed by atoms with E-state index in [1.54, 1.807) is 12.3 Å². The number of benzene rings is 1. The Balaban J connectivity index is 1.43. The Hall–Kier alpha value is -2.44. The first kappa shape index (κ1) is 16.1. The van der Waals surface area contributed by atoms with Crippen molar-refractivity contribution in [2.45, 2.75) is 18.6 Å². The highest BCUT2D eigenvalue weighted by atomic mass is 16.7. The number of para-hydroxylation sites is 1. The van der Waals surface area contributed by atoms with E-state index in [4.69, 9.17) is 9.47 Å². The zero-order valence-electron chi connectivity index (χ0n) is 14.0. The summed E-state index contributed by atoms with van der Waals surface area (Å²) in [6, 6.07) is 13.5. The molecule has 1 aromatic heterocycles. The van der Waals surface area contributed by atoms with Crippen LogP contribution in [0.5, 0.6) is 0 Å². The van der Waals surface area contributed by atoms with Crippen molar-refractivity contribution < 1.29 is 14.3 Å². The molecule has 2 aliphatic rings. The Labute approximate surface area is 146 Å². The summed E-state index contributed by atoms with van der Waals surface area (Å²) in [6.07, 6.45) is 3.08. The van der Waals surface area contributed by atoms with Crippen molar-refractivity contribution in [3.63, 3.8) is 0 Å². The van der Waals surface area contributed by atoms with Crippen molar-refractivity contribution in [1.82, 2.24) is 9.88 Å². The van der Waals surface area contributed by atoms with Gasteiger partial charge in [-0.2, -0.15) is 0 Å². The predicted octanol–water partition coefficient (Wildman–Crippen LogP) is 2.80. The lowest BCUT2D eigenvalue weighted by Crippen LogP contribution is -2.47. The van der Waals surface area contributed by atoms with Crippen LogP contribution in [-0.2, 0) is 9.47 Å². The number of carbonyl (C=O) groups excluding carboxylic acids is 1. The van der Waals surface area contributed by atoms with E-state index in [9.17, 15) is 4.79 Å². The topological polar surface area (TPSA) is 63.7 Å². The Kier molecular flexibility index (Phi) is 4.38. The molecule has 6 heteroatoms. The van der Waals surface area contributed by atoms with Gasteiger partial charge < -0.3 is 19.7 Å². The van der Waals surface area contributed by atoms with Gasteiger partial charge in [0.25, 0.3) is 5.91 Å². The fraction of sp³-hybridized carbons (Fsp3) is 0.368. The van der Waals surface area contributed by atoms with Gasteiger partial charge in [0, 0.05) is 43.5 Å². The van der Waals surface area contributed by atoms with Crippen molar-refractivity contribution in [3.05, 3.63) is 54.4 Å². The van der Waals surface area contributed by atoms with Crippen molar-refractivity contribution in [2.75, 3.05) is 31.6 Å². The smallest absolute Gasteiger partial charge is 0.272 e. The number of rotatable bonds is 3. The molecule has 1 amide bonds. The molecule has 6 nitrogen and oxygen atoms in total. The van der Waals surface area contributed by atoms with Gasteiger partial charge >= 0.3 is 0 Å². The van der Waals surface area contributed by atoms with E-state index in [0.717, 1.165) is 11.4 Å². The summed E-state index contributed by atoms with van der Waals surface area (Å²) in [5, 5.41) is 3.29. The lowest BCUT2D eigenvalue weighted by atomic mass is 10.0. The van der Waals surface area contributed by atoms with Crippen LogP contribution in [-0.4, -0.2) is 47.9 Å². The van der Waals surface area contributed by atoms with E-state index in [1.807, 2.05) is 41.3 Å². The molecule has 25 heavy (non-hydrogen) atoms. The minimum absolute atomic E-state index is 0.0513. The first-order valence-electron chi connectivity index (χ1n) is 8.59. The number of hydrogen-bond donors (Lipinski definition) is 1. The first-order chi connectivity index (χ1) is 12.2. The van der Waals surface area contributed by atoms with Crippen LogP contribution in [0.3, 0.4) is 0 Å². The maximum absolute atomic E-state index is 12.8. The molecule has 130 valence electrons. The highest BCUT2D eigenvalue weighted by Crippen LogP contribution is 2.31. The third kappa shape index (κ3) is 3.50. The van der Waals surface area contributed by atoms with Gasteiger partial charge in [0.1, 0.15) is 5.69 Å². The Morgan fingerprint density at radius 2 is 1.76 bits per heavy atom. The number of amides is 1. The number of aromatic nitrogens is 1. The van der Waals surface area contributed by atoms with Crippen LogP contribution >= 0.6 is 0 Å². The number of likely N-dealkylation sites (tertiary alicyclic amines) is 1. The van der Waals surface area contributed by atoms with Crippen LogP contribution in [0, 0.1) is 0 Å². The molecule has 0 atom stereocenters. The van der Waals surface area contributed by atoms with Crippen molar-refractivity contribution in [1.29, 1.82) is 0 Å². The summed E-state index contributed by atoms with van der Waals surface area (Å²) in [6.45, 7) is 2.53. The van der Waals surface area contributed by atoms with Gasteiger partial charge in [-0.25, -0.2) is 0 Å². The van der Waals surface area contributed by atoms with E-state index in [-0.39, 0.29) is 5.91 Å². The van der Waals surface area contributed by atoms with Gasteiger partial charge in [-0.1, -0.05) is 18.2 Å². The summed E-state index contributed by atoms with van der Waals surface area (Å²) < 4.78 is 11.4. The monoisotopic (exact) mass is 339 g/mol. The Morgan fingerprint density at radius 3 is 2.48 bits per heavy atom. The van der Waals surface area contributed by atoms with Gasteiger partial charge in [0.05, 0.1) is 13.2 Å². The van der Waals surface area contributed by atoms with Crippen molar-refractivity contribution in [3.8, 4) is 0 Å². The maximum atomic E-state index is 12.8. The largest absolute Gasteiger partial charge is 0.355 e. The molecule has 1 spiro atoms. The lowest BCUT2D eigenvalue weighted by molar-refractivity contribution is -0.181. The second-order valence-corrected chi connectivity index (χ2v) is 6.32. The van der Waals surface area contributed by atoms with Gasteiger partial charge in [0.15, 0.2) is 5.79 Å². The molecule has 0 bridgehead atoms. The second kappa shape index (κ2) is 6.82. The SMILES string of the molecule is O=C(c1cc(Nc2ccccc2)ccn1)N1CCC2(CC1)OCCO2. The molecule has 0 saturated carbocycles. The number of nitrogens with one attached hydrogen (secondary N) is 1. The molecular weight excluding hydrogens is 318 g/mol. The number of piperidine rings is 1. The summed E-state index contributed by atoms with van der Waals surface area (Å²) in [5.41, 5.74) is 2.27. The van der Waals surface area contributed by atoms with Crippen LogP contribution < -0.4 is 5.32 Å². The Bertz CT molecular complexity index is 735. The van der Waals surface area contributed by atoms with Gasteiger partial charge in [-0.05, 0) is 24.3 Å². The zero-order valence-corrected chi connectivity index (χ0v) is 14.0. The maximum Gasteiger partial charge on any atom is 0.272 e. The molecule has 2 aromatic rings. The quantitative estimate of drug-likeness (QED) is 0.932. The fourth-order valence-corrected chi connectivity index (χ4v) is 3.31. The fourth-order valence-electron chi connectivity index (χ4n) is 3.31. The van der Waals surface area contributed by atoms with Crippen LogP contribution in [0.2, 0.25) is 0 Å². The van der Waals surface area contributed by atoms with Crippen LogP contribution in [0.15, 0.2) is 48.7 Å². The molecule has 0 aliphatic carbocycles. The summed E-state index contributed by atoms with van der Waals surface area (Å²) >= 11 is 0. The number of nitrogens with zero attached hydrogens (tertiary/aromatic N) is 2. The number of hydrogen-bond acceptors (Lipinski definition) is 5. The second-order valence-electron chi connectivity index (χ2n) is 6.32. The van der Waals surface area contributed by atoms with E-state index in [2.05, 4.69) is 10.3 Å². The normalized spacial score (nSPS) is 19.1. The Morgan fingerprint density at radius 1 is 1.04 bits per heavy atom. The van der Waals surface area contributed by atoms with Crippen molar-refractivity contribution in [2.24, 2.45) is 0 Å². The number of anilines is 2. The van der Waals surface area contributed by atoms with E-state index in [1.165, 1.54) is 0 Å². The molecule has 4 rings (SSSR count). The molecule has 2 saturated heterocycles. The van der Waals surface area contributed by atoms with Gasteiger partial charge in [-0.15, -0.1) is 0 Å². The molecule has 1 N–H and O–H groups in total. The highest BCUT2D eigenvalue weighted by molar-refractivity contribution is 5.93. The molecule has 0 radical (unpaired) electrons. The van der Waals surface area contributed by atoms with Gasteiger partial charge in [0.2, 0.25) is 0 Å². The third-order valence-corrected chi connectivity index (χ3v) is 4.67. The summed E-state index contributed by atoms with van der Waals surface area (Å²) in [5.74, 6) is -0.523. The molecule has 2 fully saturated rings. The minimum atomic E-state index is -0.471. The molecule has 1 aromatic carbocycles. The highest BCUT2D eigenvalue weighted by Gasteiger charge is 2.41. The number of carbonyl (C=O) groups is 1. The first-order valence-corrected chi connectivity index (χ1v) is 8.59. The van der Waals surface area contributed by atoms with E-state index < -0.39 is 5.79 Å². The van der Waals surface area contributed by atoms with Crippen molar-refractivity contribution >= 4 is 17.3 Å². The van der Waals surface area contributed by atoms with Crippen LogP contribution in [0.25, 0.3) is 0 Å². The molecule has 0 unspecified atom stereocenters. The summed E-state index contributed by atoms with van der Waals surface area (Å²) in [4.78, 5) is 18.8. The van der Waals surface area contributed by atoms with E-state index >= 15 is 0 Å². The molecule has 3 heterocycles. The average Bonchev–Trinajstić information content (AvgIpc) is 3.11. The predicted molar refractivity (Wildman–Crippen MR) is 93.7 cm³/mol.